The predicted molar refractivity (Wildman–Crippen MR) is 99.6 cm³/mol. The smallest absolute Gasteiger partial charge is 0.261 e. The van der Waals surface area contributed by atoms with Gasteiger partial charge in [0, 0.05) is 18.8 Å². The van der Waals surface area contributed by atoms with E-state index < -0.39 is 10.0 Å². The second-order valence-electron chi connectivity index (χ2n) is 6.17. The number of sulfonamides is 1. The lowest BCUT2D eigenvalue weighted by molar-refractivity contribution is -0.134. The lowest BCUT2D eigenvalue weighted by atomic mass is 10.1. The molecule has 6 nitrogen and oxygen atoms in total. The van der Waals surface area contributed by atoms with Crippen molar-refractivity contribution in [1.29, 1.82) is 0 Å². The van der Waals surface area contributed by atoms with Gasteiger partial charge in [0.15, 0.2) is 6.61 Å². The maximum Gasteiger partial charge on any atom is 0.261 e. The Morgan fingerprint density at radius 3 is 2.27 bits per heavy atom. The molecule has 1 heterocycles. The minimum atomic E-state index is -3.66. The van der Waals surface area contributed by atoms with Crippen molar-refractivity contribution in [2.75, 3.05) is 24.4 Å². The molecule has 1 amide bonds. The number of anilines is 1. The molecule has 0 aromatic heterocycles. The first-order chi connectivity index (χ1) is 12.5. The minimum absolute atomic E-state index is 0.0334. The first kappa shape index (κ1) is 18.3. The zero-order valence-electron chi connectivity index (χ0n) is 14.4. The molecule has 1 aliphatic rings. The Hall–Kier alpha value is -2.54. The third-order valence-corrected chi connectivity index (χ3v) is 5.63. The average molecular weight is 374 g/mol. The van der Waals surface area contributed by atoms with Gasteiger partial charge in [0.1, 0.15) is 5.75 Å². The van der Waals surface area contributed by atoms with E-state index in [1.54, 1.807) is 36.4 Å². The van der Waals surface area contributed by atoms with Crippen molar-refractivity contribution in [3.05, 3.63) is 54.6 Å². The van der Waals surface area contributed by atoms with Gasteiger partial charge in [-0.05, 0) is 55.7 Å². The van der Waals surface area contributed by atoms with Crippen molar-refractivity contribution in [3.8, 4) is 5.75 Å². The number of para-hydroxylation sites is 1. The molecule has 2 aromatic rings. The van der Waals surface area contributed by atoms with Crippen molar-refractivity contribution >= 4 is 21.6 Å². The largest absolute Gasteiger partial charge is 0.484 e. The summed E-state index contributed by atoms with van der Waals surface area (Å²) in [5.74, 6) is 0.432. The van der Waals surface area contributed by atoms with E-state index >= 15 is 0 Å². The van der Waals surface area contributed by atoms with Crippen LogP contribution in [-0.2, 0) is 14.8 Å². The molecule has 7 heteroatoms. The average Bonchev–Trinajstić information content (AvgIpc) is 2.67. The number of likely N-dealkylation sites (tertiary alicyclic amines) is 1. The molecule has 2 aromatic carbocycles. The Morgan fingerprint density at radius 2 is 1.62 bits per heavy atom. The van der Waals surface area contributed by atoms with Gasteiger partial charge < -0.3 is 9.64 Å². The van der Waals surface area contributed by atoms with E-state index in [9.17, 15) is 13.2 Å². The number of carbonyl (C=O) groups excluding carboxylic acids is 1. The molecule has 0 unspecified atom stereocenters. The Kier molecular flexibility index (Phi) is 5.78. The van der Waals surface area contributed by atoms with Crippen LogP contribution in [0.4, 0.5) is 5.69 Å². The number of rotatable bonds is 6. The fourth-order valence-corrected chi connectivity index (χ4v) is 3.87. The maximum atomic E-state index is 12.4. The first-order valence-corrected chi connectivity index (χ1v) is 10.1. The van der Waals surface area contributed by atoms with E-state index in [-0.39, 0.29) is 17.4 Å². The second kappa shape index (κ2) is 8.23. The van der Waals surface area contributed by atoms with Gasteiger partial charge in [-0.3, -0.25) is 9.52 Å². The van der Waals surface area contributed by atoms with Crippen molar-refractivity contribution in [2.24, 2.45) is 0 Å². The van der Waals surface area contributed by atoms with Crippen LogP contribution >= 0.6 is 0 Å². The number of benzene rings is 2. The summed E-state index contributed by atoms with van der Waals surface area (Å²) in [7, 11) is -3.66. The van der Waals surface area contributed by atoms with Crippen LogP contribution in [0, 0.1) is 0 Å². The first-order valence-electron chi connectivity index (χ1n) is 8.63. The Morgan fingerprint density at radius 1 is 0.962 bits per heavy atom. The zero-order valence-corrected chi connectivity index (χ0v) is 15.2. The highest BCUT2D eigenvalue weighted by Crippen LogP contribution is 2.19. The summed E-state index contributed by atoms with van der Waals surface area (Å²) in [5, 5.41) is 0. The molecule has 0 aliphatic carbocycles. The third kappa shape index (κ3) is 4.76. The van der Waals surface area contributed by atoms with Gasteiger partial charge in [-0.2, -0.15) is 0 Å². The molecule has 3 rings (SSSR count). The van der Waals surface area contributed by atoms with Crippen LogP contribution in [0.5, 0.6) is 5.75 Å². The van der Waals surface area contributed by atoms with Gasteiger partial charge in [-0.25, -0.2) is 8.42 Å². The van der Waals surface area contributed by atoms with Gasteiger partial charge in [-0.1, -0.05) is 18.2 Å². The van der Waals surface area contributed by atoms with Crippen LogP contribution in [0.3, 0.4) is 0 Å². The Bertz CT molecular complexity index is 830. The lowest BCUT2D eigenvalue weighted by Gasteiger charge is -2.26. The van der Waals surface area contributed by atoms with Crippen LogP contribution in [0.15, 0.2) is 59.5 Å². The number of hydrogen-bond donors (Lipinski definition) is 1. The molecule has 138 valence electrons. The van der Waals surface area contributed by atoms with Crippen molar-refractivity contribution < 1.29 is 17.9 Å². The molecular weight excluding hydrogens is 352 g/mol. The van der Waals surface area contributed by atoms with Crippen LogP contribution in [0.2, 0.25) is 0 Å². The molecule has 26 heavy (non-hydrogen) atoms. The van der Waals surface area contributed by atoms with E-state index in [1.165, 1.54) is 12.1 Å². The molecule has 1 fully saturated rings. The van der Waals surface area contributed by atoms with Gasteiger partial charge in [0.25, 0.3) is 15.9 Å². The van der Waals surface area contributed by atoms with Gasteiger partial charge in [-0.15, -0.1) is 0 Å². The van der Waals surface area contributed by atoms with E-state index in [4.69, 9.17) is 4.74 Å². The number of carbonyl (C=O) groups is 1. The van der Waals surface area contributed by atoms with Crippen LogP contribution in [0.25, 0.3) is 0 Å². The summed E-state index contributed by atoms with van der Waals surface area (Å²) in [4.78, 5) is 14.0. The number of hydrogen-bond acceptors (Lipinski definition) is 4. The summed E-state index contributed by atoms with van der Waals surface area (Å²) < 4.78 is 32.8. The van der Waals surface area contributed by atoms with E-state index in [0.717, 1.165) is 32.4 Å². The summed E-state index contributed by atoms with van der Waals surface area (Å²) in [6, 6.07) is 14.7. The van der Waals surface area contributed by atoms with E-state index in [2.05, 4.69) is 4.72 Å². The number of ether oxygens (including phenoxy) is 1. The highest BCUT2D eigenvalue weighted by molar-refractivity contribution is 7.92. The predicted octanol–water partition coefficient (Wildman–Crippen LogP) is 2.88. The zero-order chi connectivity index (χ0) is 18.4. The summed E-state index contributed by atoms with van der Waals surface area (Å²) >= 11 is 0. The van der Waals surface area contributed by atoms with Gasteiger partial charge in [0.2, 0.25) is 0 Å². The SMILES string of the molecule is O=C(COc1ccc(S(=O)(=O)Nc2ccccc2)cc1)N1CCCCC1. The van der Waals surface area contributed by atoms with Gasteiger partial charge in [0.05, 0.1) is 4.90 Å². The Balaban J connectivity index is 1.58. The second-order valence-corrected chi connectivity index (χ2v) is 7.86. The highest BCUT2D eigenvalue weighted by Gasteiger charge is 2.17. The number of amides is 1. The lowest BCUT2D eigenvalue weighted by Crippen LogP contribution is -2.38. The monoisotopic (exact) mass is 374 g/mol. The van der Waals surface area contributed by atoms with Crippen molar-refractivity contribution in [2.45, 2.75) is 24.2 Å². The van der Waals surface area contributed by atoms with Crippen LogP contribution < -0.4 is 9.46 Å². The minimum Gasteiger partial charge on any atom is -0.484 e. The quantitative estimate of drug-likeness (QED) is 0.844. The summed E-state index contributed by atoms with van der Waals surface area (Å²) in [6.45, 7) is 1.53. The molecule has 1 N–H and O–H groups in total. The molecular formula is C19H22N2O4S. The molecule has 0 atom stereocenters. The topological polar surface area (TPSA) is 75.7 Å². The number of nitrogens with one attached hydrogen (secondary N) is 1. The fraction of sp³-hybridized carbons (Fsp3) is 0.316. The van der Waals surface area contributed by atoms with Crippen LogP contribution in [0.1, 0.15) is 19.3 Å². The molecule has 0 saturated carbocycles. The molecule has 0 bridgehead atoms. The molecule has 0 radical (unpaired) electrons. The third-order valence-electron chi connectivity index (χ3n) is 4.23. The number of piperidine rings is 1. The standard InChI is InChI=1S/C19H22N2O4S/c22-19(21-13-5-2-6-14-21)15-25-17-9-11-18(12-10-17)26(23,24)20-16-7-3-1-4-8-16/h1,3-4,7-12,20H,2,5-6,13-15H2. The highest BCUT2D eigenvalue weighted by atomic mass is 32.2. The molecule has 1 saturated heterocycles. The normalized spacial score (nSPS) is 14.7. The Labute approximate surface area is 153 Å². The maximum absolute atomic E-state index is 12.4. The summed E-state index contributed by atoms with van der Waals surface area (Å²) in [5.41, 5.74) is 0.500. The van der Waals surface area contributed by atoms with Crippen LogP contribution in [-0.4, -0.2) is 38.9 Å². The molecule has 1 aliphatic heterocycles. The van der Waals surface area contributed by atoms with Gasteiger partial charge >= 0.3 is 0 Å². The van der Waals surface area contributed by atoms with E-state index in [1.807, 2.05) is 11.0 Å². The summed E-state index contributed by atoms with van der Waals surface area (Å²) in [6.07, 6.45) is 3.23. The van der Waals surface area contributed by atoms with Crippen molar-refractivity contribution in [3.63, 3.8) is 0 Å². The van der Waals surface area contributed by atoms with E-state index in [0.29, 0.717) is 11.4 Å². The number of nitrogens with zero attached hydrogens (tertiary/aromatic N) is 1. The fourth-order valence-electron chi connectivity index (χ4n) is 2.81. The molecule has 0 spiro atoms. The van der Waals surface area contributed by atoms with Crippen molar-refractivity contribution in [1.82, 2.24) is 4.90 Å².